The zero-order chi connectivity index (χ0) is 38.7. The Morgan fingerprint density at radius 1 is 0.392 bits per heavy atom. The minimum Gasteiger partial charge on any atom is -0.208 e. The van der Waals surface area contributed by atoms with Gasteiger partial charge in [0.2, 0.25) is 0 Å². The van der Waals surface area contributed by atoms with Crippen LogP contribution in [0.3, 0.4) is 0 Å². The van der Waals surface area contributed by atoms with Gasteiger partial charge < -0.3 is 0 Å². The molecule has 0 N–H and O–H groups in total. The van der Waals surface area contributed by atoms with Crippen molar-refractivity contribution in [1.29, 1.82) is 0 Å². The highest BCUT2D eigenvalue weighted by Gasteiger charge is 2.18. The fourth-order valence-electron chi connectivity index (χ4n) is 6.86. The zero-order valence-electron chi connectivity index (χ0n) is 32.5. The summed E-state index contributed by atoms with van der Waals surface area (Å²) in [6, 6.07) is 36.9. The maximum atomic E-state index is 9.69. The molecule has 51 heavy (non-hydrogen) atoms. The third-order valence-electron chi connectivity index (χ3n) is 9.26. The van der Waals surface area contributed by atoms with Crippen LogP contribution in [0.1, 0.15) is 8.22 Å². The summed E-state index contributed by atoms with van der Waals surface area (Å²) < 4.78 is 60.9. The number of rotatable bonds is 4. The third kappa shape index (κ3) is 4.65. The molecule has 0 saturated heterocycles. The van der Waals surface area contributed by atoms with Crippen molar-refractivity contribution < 1.29 is 8.22 Å². The molecule has 0 aliphatic rings. The molecule has 4 aromatic heterocycles. The van der Waals surface area contributed by atoms with Gasteiger partial charge in [-0.25, -0.2) is 15.0 Å². The molecule has 0 saturated carbocycles. The quantitative estimate of drug-likeness (QED) is 0.183. The number of thiophene rings is 3. The van der Waals surface area contributed by atoms with E-state index < -0.39 is 0 Å². The monoisotopic (exact) mass is 709 g/mol. The Labute approximate surface area is 313 Å². The average molecular weight is 710 g/mol. The molecular weight excluding hydrogens is 679 g/mol. The molecule has 0 atom stereocenters. The van der Waals surface area contributed by atoms with Crippen molar-refractivity contribution in [3.8, 4) is 45.3 Å². The van der Waals surface area contributed by atoms with Gasteiger partial charge in [-0.15, -0.1) is 34.0 Å². The number of benzene rings is 7. The van der Waals surface area contributed by atoms with Crippen LogP contribution in [0.2, 0.25) is 0 Å². The number of hydrogen-bond donors (Lipinski definition) is 0. The molecule has 3 nitrogen and oxygen atoms in total. The van der Waals surface area contributed by atoms with E-state index in [2.05, 4.69) is 30.3 Å². The van der Waals surface area contributed by atoms with Gasteiger partial charge in [0.25, 0.3) is 0 Å². The molecule has 0 unspecified atom stereocenters. The van der Waals surface area contributed by atoms with E-state index in [1.54, 1.807) is 22.7 Å². The minimum absolute atomic E-state index is 0.0499. The molecule has 0 bridgehead atoms. The van der Waals surface area contributed by atoms with E-state index in [9.17, 15) is 4.11 Å². The van der Waals surface area contributed by atoms with Crippen LogP contribution in [0.15, 0.2) is 152 Å². The second-order valence-electron chi connectivity index (χ2n) is 12.3. The summed E-state index contributed by atoms with van der Waals surface area (Å²) in [4.78, 5) is 14.8. The van der Waals surface area contributed by atoms with Crippen LogP contribution in [0.5, 0.6) is 0 Å². The summed E-state index contributed by atoms with van der Waals surface area (Å²) in [5.41, 5.74) is 2.81. The van der Waals surface area contributed by atoms with Crippen LogP contribution < -0.4 is 0 Å². The molecular formula is C45H25N3S3. The molecule has 11 rings (SSSR count). The van der Waals surface area contributed by atoms with Crippen molar-refractivity contribution in [2.24, 2.45) is 0 Å². The van der Waals surface area contributed by atoms with Gasteiger partial charge in [0.15, 0.2) is 17.5 Å². The molecule has 11 aromatic rings. The Balaban J connectivity index is 1.18. The fourth-order valence-corrected chi connectivity index (χ4v) is 10.3. The third-order valence-corrected chi connectivity index (χ3v) is 12.8. The predicted octanol–water partition coefficient (Wildman–Crippen LogP) is 13.6. The summed E-state index contributed by atoms with van der Waals surface area (Å²) in [5, 5.41) is 4.90. The summed E-state index contributed by atoms with van der Waals surface area (Å²) in [5.74, 6) is 0.867. The number of fused-ring (bicyclic) bond motifs is 9. The zero-order valence-corrected chi connectivity index (χ0v) is 29.0. The first-order valence-corrected chi connectivity index (χ1v) is 18.8. The van der Waals surface area contributed by atoms with Crippen molar-refractivity contribution in [3.05, 3.63) is 152 Å². The lowest BCUT2D eigenvalue weighted by molar-refractivity contribution is 1.08. The highest BCUT2D eigenvalue weighted by molar-refractivity contribution is 7.27. The lowest BCUT2D eigenvalue weighted by Crippen LogP contribution is -2.00. The predicted molar refractivity (Wildman–Crippen MR) is 220 cm³/mol. The van der Waals surface area contributed by atoms with E-state index in [1.807, 2.05) is 84.9 Å². The van der Waals surface area contributed by atoms with Crippen LogP contribution >= 0.6 is 34.0 Å². The van der Waals surface area contributed by atoms with Crippen molar-refractivity contribution >= 4 is 94.5 Å². The van der Waals surface area contributed by atoms with E-state index >= 15 is 0 Å². The van der Waals surface area contributed by atoms with Crippen molar-refractivity contribution in [3.63, 3.8) is 0 Å². The highest BCUT2D eigenvalue weighted by atomic mass is 32.1. The maximum Gasteiger partial charge on any atom is 0.165 e. The molecule has 0 amide bonds. The minimum atomic E-state index is -0.265. The lowest BCUT2D eigenvalue weighted by atomic mass is 10.0. The molecule has 0 spiro atoms. The Hall–Kier alpha value is -5.79. The molecule has 0 aliphatic heterocycles. The average Bonchev–Trinajstić information content (AvgIpc) is 3.94. The first-order valence-electron chi connectivity index (χ1n) is 19.4. The Morgan fingerprint density at radius 2 is 1.06 bits per heavy atom. The molecule has 0 aliphatic carbocycles. The van der Waals surface area contributed by atoms with Crippen LogP contribution in [0.4, 0.5) is 0 Å². The summed E-state index contributed by atoms with van der Waals surface area (Å²) in [7, 11) is 0. The standard InChI is InChI=1S/C45H25N3S3/c1-2-10-26(11-3-1)43-46-44(48-45(47-43)35-17-9-16-33-30-12-4-7-19-38(30)50-42(33)35)28-20-22-32-34-15-8-14-29(41(34)51-40(32)25-28)27-21-23-39-36(24-27)31-13-5-6-18-37(31)49-39/h1-25H/i8D,14D,15D,20D,22D,25D. The van der Waals surface area contributed by atoms with E-state index in [4.69, 9.17) is 19.1 Å². The largest absolute Gasteiger partial charge is 0.208 e. The van der Waals surface area contributed by atoms with Gasteiger partial charge in [-0.2, -0.15) is 0 Å². The Morgan fingerprint density at radius 3 is 1.92 bits per heavy atom. The summed E-state index contributed by atoms with van der Waals surface area (Å²) in [6.07, 6.45) is 0. The Bertz CT molecular complexity index is 3500. The fraction of sp³-hybridized carbons (Fsp3) is 0. The molecule has 4 heterocycles. The van der Waals surface area contributed by atoms with Gasteiger partial charge in [0.05, 0.1) is 8.22 Å². The van der Waals surface area contributed by atoms with Crippen LogP contribution in [-0.4, -0.2) is 15.0 Å². The smallest absolute Gasteiger partial charge is 0.165 e. The molecule has 0 fully saturated rings. The van der Waals surface area contributed by atoms with Crippen LogP contribution in [-0.2, 0) is 0 Å². The molecule has 7 aromatic carbocycles. The SMILES string of the molecule is [2H]c1c([2H])c([2H])c2c(sc3c([2H])c(-c4nc(-c5ccccc5)nc(-c5cccc6c5sc5ccccc56)n4)c([2H])c([2H])c32)c1-c1ccc2sc3ccccc3c2c1. The lowest BCUT2D eigenvalue weighted by Gasteiger charge is -2.09. The summed E-state index contributed by atoms with van der Waals surface area (Å²) >= 11 is 4.56. The van der Waals surface area contributed by atoms with Gasteiger partial charge in [-0.3, -0.25) is 0 Å². The first-order chi connectivity index (χ1) is 27.8. The van der Waals surface area contributed by atoms with Gasteiger partial charge >= 0.3 is 0 Å². The second kappa shape index (κ2) is 11.4. The van der Waals surface area contributed by atoms with Crippen molar-refractivity contribution in [2.45, 2.75) is 0 Å². The van der Waals surface area contributed by atoms with Crippen molar-refractivity contribution in [2.75, 3.05) is 0 Å². The van der Waals surface area contributed by atoms with Gasteiger partial charge in [-0.1, -0.05) is 115 Å². The van der Waals surface area contributed by atoms with Crippen LogP contribution in [0, 0.1) is 0 Å². The van der Waals surface area contributed by atoms with Crippen LogP contribution in [0.25, 0.3) is 106 Å². The number of aromatic nitrogens is 3. The molecule has 6 heteroatoms. The molecule has 0 radical (unpaired) electrons. The van der Waals surface area contributed by atoms with E-state index in [-0.39, 0.29) is 53.0 Å². The summed E-state index contributed by atoms with van der Waals surface area (Å²) in [6.45, 7) is 0. The van der Waals surface area contributed by atoms with Gasteiger partial charge in [0, 0.05) is 77.2 Å². The Kier molecular flexibility index (Phi) is 5.26. The second-order valence-corrected chi connectivity index (χ2v) is 15.4. The first kappa shape index (κ1) is 23.6. The van der Waals surface area contributed by atoms with E-state index in [0.29, 0.717) is 32.0 Å². The maximum absolute atomic E-state index is 9.69. The topological polar surface area (TPSA) is 38.7 Å². The normalized spacial score (nSPS) is 13.6. The highest BCUT2D eigenvalue weighted by Crippen LogP contribution is 2.44. The number of hydrogen-bond acceptors (Lipinski definition) is 6. The van der Waals surface area contributed by atoms with E-state index in [1.165, 1.54) is 11.3 Å². The van der Waals surface area contributed by atoms with Gasteiger partial charge in [0.1, 0.15) is 0 Å². The molecule has 238 valence electrons. The van der Waals surface area contributed by atoms with E-state index in [0.717, 1.165) is 57.0 Å². The van der Waals surface area contributed by atoms with Crippen molar-refractivity contribution in [1.82, 2.24) is 15.0 Å². The van der Waals surface area contributed by atoms with Gasteiger partial charge in [-0.05, 0) is 47.5 Å². The number of nitrogens with zero attached hydrogens (tertiary/aromatic N) is 3.